The second-order valence-corrected chi connectivity index (χ2v) is 5.06. The normalized spacial score (nSPS) is 10.5. The standard InChI is InChI=1S/C17H21NO5/c1-3-22-17(20)5-4-8-18-16(19)9-12-11-23-15-10-13(21-2)6-7-14(12)15/h6-7,10-11H,3-5,8-9H2,1-2H3,(H,18,19). The van der Waals surface area contributed by atoms with E-state index in [2.05, 4.69) is 5.32 Å². The monoisotopic (exact) mass is 319 g/mol. The van der Waals surface area contributed by atoms with E-state index in [1.807, 2.05) is 12.1 Å². The molecule has 124 valence electrons. The SMILES string of the molecule is CCOC(=O)CCCNC(=O)Cc1coc2cc(OC)ccc12. The number of amides is 1. The largest absolute Gasteiger partial charge is 0.497 e. The van der Waals surface area contributed by atoms with Crippen LogP contribution in [0.2, 0.25) is 0 Å². The van der Waals surface area contributed by atoms with Gasteiger partial charge in [0, 0.05) is 30.0 Å². The van der Waals surface area contributed by atoms with E-state index in [1.54, 1.807) is 26.4 Å². The van der Waals surface area contributed by atoms with E-state index >= 15 is 0 Å². The molecule has 1 amide bonds. The number of ether oxygens (including phenoxy) is 2. The molecule has 0 aliphatic rings. The number of benzene rings is 1. The predicted octanol–water partition coefficient (Wildman–Crippen LogP) is 2.44. The maximum atomic E-state index is 12.0. The van der Waals surface area contributed by atoms with Gasteiger partial charge in [0.25, 0.3) is 0 Å². The molecule has 0 saturated heterocycles. The molecule has 0 aliphatic carbocycles. The summed E-state index contributed by atoms with van der Waals surface area (Å²) in [6.45, 7) is 2.59. The van der Waals surface area contributed by atoms with Crippen LogP contribution in [0.5, 0.6) is 5.75 Å². The Kier molecular flexibility index (Phi) is 6.02. The third-order valence-electron chi connectivity index (χ3n) is 3.40. The van der Waals surface area contributed by atoms with E-state index < -0.39 is 0 Å². The highest BCUT2D eigenvalue weighted by Gasteiger charge is 2.11. The van der Waals surface area contributed by atoms with E-state index in [0.29, 0.717) is 37.3 Å². The number of furan rings is 1. The lowest BCUT2D eigenvalue weighted by molar-refractivity contribution is -0.143. The lowest BCUT2D eigenvalue weighted by Gasteiger charge is -2.05. The molecule has 1 aromatic carbocycles. The Morgan fingerprint density at radius 2 is 2.13 bits per heavy atom. The zero-order valence-electron chi connectivity index (χ0n) is 13.4. The zero-order valence-corrected chi connectivity index (χ0v) is 13.4. The van der Waals surface area contributed by atoms with Gasteiger partial charge in [0.15, 0.2) is 0 Å². The van der Waals surface area contributed by atoms with Gasteiger partial charge >= 0.3 is 5.97 Å². The fourth-order valence-electron chi connectivity index (χ4n) is 2.26. The molecule has 6 heteroatoms. The molecular weight excluding hydrogens is 298 g/mol. The summed E-state index contributed by atoms with van der Waals surface area (Å²) in [4.78, 5) is 23.1. The average molecular weight is 319 g/mol. The van der Waals surface area contributed by atoms with Gasteiger partial charge in [0.2, 0.25) is 5.91 Å². The molecule has 1 N–H and O–H groups in total. The van der Waals surface area contributed by atoms with Gasteiger partial charge in [-0.1, -0.05) is 0 Å². The van der Waals surface area contributed by atoms with E-state index in [1.165, 1.54) is 0 Å². The molecule has 6 nitrogen and oxygen atoms in total. The Hall–Kier alpha value is -2.50. The van der Waals surface area contributed by atoms with Gasteiger partial charge in [-0.3, -0.25) is 9.59 Å². The highest BCUT2D eigenvalue weighted by molar-refractivity contribution is 5.88. The number of methoxy groups -OCH3 is 1. The van der Waals surface area contributed by atoms with Gasteiger partial charge in [-0.25, -0.2) is 0 Å². The summed E-state index contributed by atoms with van der Waals surface area (Å²) < 4.78 is 15.4. The van der Waals surface area contributed by atoms with Crippen molar-refractivity contribution in [2.24, 2.45) is 0 Å². The fourth-order valence-corrected chi connectivity index (χ4v) is 2.26. The van der Waals surface area contributed by atoms with Crippen LogP contribution in [0, 0.1) is 0 Å². The van der Waals surface area contributed by atoms with Crippen LogP contribution in [0.4, 0.5) is 0 Å². The van der Waals surface area contributed by atoms with Crippen LogP contribution in [-0.2, 0) is 20.7 Å². The van der Waals surface area contributed by atoms with Crippen molar-refractivity contribution in [3.05, 3.63) is 30.0 Å². The van der Waals surface area contributed by atoms with Crippen LogP contribution in [0.3, 0.4) is 0 Å². The van der Waals surface area contributed by atoms with Crippen molar-refractivity contribution in [3.63, 3.8) is 0 Å². The van der Waals surface area contributed by atoms with Gasteiger partial charge in [0.05, 0.1) is 26.4 Å². The Morgan fingerprint density at radius 1 is 1.30 bits per heavy atom. The number of nitrogens with one attached hydrogen (secondary N) is 1. The molecule has 0 radical (unpaired) electrons. The van der Waals surface area contributed by atoms with Crippen molar-refractivity contribution in [1.29, 1.82) is 0 Å². The molecule has 2 aromatic rings. The molecule has 1 aromatic heterocycles. The second-order valence-electron chi connectivity index (χ2n) is 5.06. The molecule has 0 spiro atoms. The fraction of sp³-hybridized carbons (Fsp3) is 0.412. The summed E-state index contributed by atoms with van der Waals surface area (Å²) in [5.74, 6) is 0.366. The first kappa shape index (κ1) is 16.9. The maximum Gasteiger partial charge on any atom is 0.305 e. The maximum absolute atomic E-state index is 12.0. The van der Waals surface area contributed by atoms with Crippen LogP contribution in [0.1, 0.15) is 25.3 Å². The number of fused-ring (bicyclic) bond motifs is 1. The zero-order chi connectivity index (χ0) is 16.7. The van der Waals surface area contributed by atoms with E-state index in [-0.39, 0.29) is 18.3 Å². The number of carbonyl (C=O) groups is 2. The Bertz CT molecular complexity index is 677. The van der Waals surface area contributed by atoms with Crippen molar-refractivity contribution in [1.82, 2.24) is 5.32 Å². The van der Waals surface area contributed by atoms with Crippen LogP contribution in [0.15, 0.2) is 28.9 Å². The first-order valence-electron chi connectivity index (χ1n) is 7.60. The van der Waals surface area contributed by atoms with Crippen LogP contribution < -0.4 is 10.1 Å². The molecule has 0 bridgehead atoms. The molecule has 0 aliphatic heterocycles. The number of carbonyl (C=O) groups excluding carboxylic acids is 2. The van der Waals surface area contributed by atoms with E-state index in [9.17, 15) is 9.59 Å². The molecule has 0 fully saturated rings. The minimum absolute atomic E-state index is 0.104. The molecule has 1 heterocycles. The van der Waals surface area contributed by atoms with Gasteiger partial charge in [-0.05, 0) is 25.5 Å². The number of hydrogen-bond donors (Lipinski definition) is 1. The first-order chi connectivity index (χ1) is 11.1. The summed E-state index contributed by atoms with van der Waals surface area (Å²) >= 11 is 0. The summed E-state index contributed by atoms with van der Waals surface area (Å²) in [5.41, 5.74) is 1.51. The minimum atomic E-state index is -0.239. The summed E-state index contributed by atoms with van der Waals surface area (Å²) in [6.07, 6.45) is 2.69. The van der Waals surface area contributed by atoms with Crippen molar-refractivity contribution >= 4 is 22.8 Å². The third kappa shape index (κ3) is 4.74. The predicted molar refractivity (Wildman–Crippen MR) is 85.3 cm³/mol. The lowest BCUT2D eigenvalue weighted by Crippen LogP contribution is -2.26. The molecule has 0 saturated carbocycles. The van der Waals surface area contributed by atoms with Crippen LogP contribution in [0.25, 0.3) is 11.0 Å². The molecule has 0 unspecified atom stereocenters. The van der Waals surface area contributed by atoms with E-state index in [0.717, 1.165) is 10.9 Å². The summed E-state index contributed by atoms with van der Waals surface area (Å²) in [5, 5.41) is 3.69. The topological polar surface area (TPSA) is 77.8 Å². The van der Waals surface area contributed by atoms with Gasteiger partial charge in [-0.15, -0.1) is 0 Å². The Balaban J connectivity index is 1.82. The number of rotatable bonds is 8. The lowest BCUT2D eigenvalue weighted by atomic mass is 10.1. The second kappa shape index (κ2) is 8.22. The highest BCUT2D eigenvalue weighted by Crippen LogP contribution is 2.25. The first-order valence-corrected chi connectivity index (χ1v) is 7.60. The molecule has 23 heavy (non-hydrogen) atoms. The van der Waals surface area contributed by atoms with Gasteiger partial charge < -0.3 is 19.2 Å². The molecule has 2 rings (SSSR count). The quantitative estimate of drug-likeness (QED) is 0.597. The van der Waals surface area contributed by atoms with Gasteiger partial charge in [-0.2, -0.15) is 0 Å². The average Bonchev–Trinajstić information content (AvgIpc) is 2.94. The van der Waals surface area contributed by atoms with Crippen LogP contribution >= 0.6 is 0 Å². The Morgan fingerprint density at radius 3 is 2.87 bits per heavy atom. The number of esters is 1. The van der Waals surface area contributed by atoms with E-state index in [4.69, 9.17) is 13.9 Å². The smallest absolute Gasteiger partial charge is 0.305 e. The van der Waals surface area contributed by atoms with Crippen molar-refractivity contribution < 1.29 is 23.5 Å². The number of hydrogen-bond acceptors (Lipinski definition) is 5. The molecule has 0 atom stereocenters. The summed E-state index contributed by atoms with van der Waals surface area (Å²) in [6, 6.07) is 5.50. The highest BCUT2D eigenvalue weighted by atomic mass is 16.5. The minimum Gasteiger partial charge on any atom is -0.497 e. The third-order valence-corrected chi connectivity index (χ3v) is 3.40. The Labute approximate surface area is 134 Å². The van der Waals surface area contributed by atoms with Crippen molar-refractivity contribution in [2.75, 3.05) is 20.3 Å². The van der Waals surface area contributed by atoms with Crippen LogP contribution in [-0.4, -0.2) is 32.1 Å². The molecular formula is C17H21NO5. The van der Waals surface area contributed by atoms with Crippen molar-refractivity contribution in [3.8, 4) is 5.75 Å². The van der Waals surface area contributed by atoms with Gasteiger partial charge in [0.1, 0.15) is 11.3 Å². The van der Waals surface area contributed by atoms with Crippen molar-refractivity contribution in [2.45, 2.75) is 26.2 Å². The summed E-state index contributed by atoms with van der Waals surface area (Å²) in [7, 11) is 1.59.